The van der Waals surface area contributed by atoms with Crippen LogP contribution in [0.2, 0.25) is 0 Å². The number of rotatable bonds is 4. The molecule has 0 spiro atoms. The molecule has 1 fully saturated rings. The zero-order valence-electron chi connectivity index (χ0n) is 9.57. The predicted molar refractivity (Wildman–Crippen MR) is 62.2 cm³/mol. The summed E-state index contributed by atoms with van der Waals surface area (Å²) in [5, 5.41) is 28.4. The van der Waals surface area contributed by atoms with Crippen molar-refractivity contribution in [2.45, 2.75) is 31.3 Å². The average molecular weight is 238 g/mol. The van der Waals surface area contributed by atoms with E-state index < -0.39 is 18.3 Å². The molecule has 1 saturated carbocycles. The van der Waals surface area contributed by atoms with Gasteiger partial charge in [0.15, 0.2) is 0 Å². The lowest BCUT2D eigenvalue weighted by Gasteiger charge is -2.17. The minimum atomic E-state index is -0.907. The quantitative estimate of drug-likeness (QED) is 0.706. The number of aliphatic hydroxyl groups is 3. The molecular formula is C13H18O4. The van der Waals surface area contributed by atoms with Gasteiger partial charge >= 0.3 is 0 Å². The van der Waals surface area contributed by atoms with Gasteiger partial charge in [0.05, 0.1) is 18.8 Å². The Bertz CT molecular complexity index is 341. The number of ether oxygens (including phenoxy) is 1. The van der Waals surface area contributed by atoms with E-state index in [2.05, 4.69) is 0 Å². The smallest absolute Gasteiger partial charge is 0.106 e. The summed E-state index contributed by atoms with van der Waals surface area (Å²) >= 11 is 0. The van der Waals surface area contributed by atoms with Crippen LogP contribution in [0.3, 0.4) is 0 Å². The number of benzene rings is 1. The van der Waals surface area contributed by atoms with E-state index in [0.29, 0.717) is 13.0 Å². The lowest BCUT2D eigenvalue weighted by atomic mass is 10.1. The molecule has 0 amide bonds. The molecule has 1 aliphatic carbocycles. The lowest BCUT2D eigenvalue weighted by molar-refractivity contribution is -0.0639. The average Bonchev–Trinajstić information content (AvgIpc) is 2.65. The van der Waals surface area contributed by atoms with Crippen LogP contribution in [0, 0.1) is 5.92 Å². The molecule has 4 heteroatoms. The Morgan fingerprint density at radius 1 is 1.12 bits per heavy atom. The Hall–Kier alpha value is -0.940. The summed E-state index contributed by atoms with van der Waals surface area (Å²) in [5.41, 5.74) is 1.03. The molecule has 1 aromatic carbocycles. The minimum Gasteiger partial charge on any atom is -0.396 e. The fourth-order valence-corrected chi connectivity index (χ4v) is 2.20. The molecule has 0 saturated heterocycles. The van der Waals surface area contributed by atoms with Crippen molar-refractivity contribution >= 4 is 0 Å². The molecule has 0 aliphatic heterocycles. The second-order valence-corrected chi connectivity index (χ2v) is 4.49. The van der Waals surface area contributed by atoms with E-state index in [4.69, 9.17) is 9.84 Å². The fraction of sp³-hybridized carbons (Fsp3) is 0.538. The summed E-state index contributed by atoms with van der Waals surface area (Å²) in [6, 6.07) is 9.67. The van der Waals surface area contributed by atoms with Crippen molar-refractivity contribution in [3.63, 3.8) is 0 Å². The van der Waals surface area contributed by atoms with Crippen molar-refractivity contribution < 1.29 is 20.1 Å². The van der Waals surface area contributed by atoms with Gasteiger partial charge in [0, 0.05) is 12.5 Å². The van der Waals surface area contributed by atoms with Crippen molar-refractivity contribution in [2.24, 2.45) is 5.92 Å². The van der Waals surface area contributed by atoms with E-state index in [1.165, 1.54) is 0 Å². The summed E-state index contributed by atoms with van der Waals surface area (Å²) in [6.07, 6.45) is -1.70. The summed E-state index contributed by atoms with van der Waals surface area (Å²) in [7, 11) is 0. The largest absolute Gasteiger partial charge is 0.396 e. The molecule has 1 aliphatic rings. The Labute approximate surface area is 100 Å². The van der Waals surface area contributed by atoms with E-state index in [1.54, 1.807) is 0 Å². The van der Waals surface area contributed by atoms with Gasteiger partial charge < -0.3 is 20.1 Å². The van der Waals surface area contributed by atoms with Crippen molar-refractivity contribution in [1.82, 2.24) is 0 Å². The maximum Gasteiger partial charge on any atom is 0.106 e. The van der Waals surface area contributed by atoms with Crippen LogP contribution in [0.25, 0.3) is 0 Å². The molecule has 4 nitrogen and oxygen atoms in total. The Kier molecular flexibility index (Phi) is 4.12. The number of aliphatic hydroxyl groups excluding tert-OH is 3. The van der Waals surface area contributed by atoms with Gasteiger partial charge in [-0.15, -0.1) is 0 Å². The lowest BCUT2D eigenvalue weighted by Crippen LogP contribution is -2.32. The first-order valence-corrected chi connectivity index (χ1v) is 5.85. The van der Waals surface area contributed by atoms with Gasteiger partial charge in [-0.2, -0.15) is 0 Å². The van der Waals surface area contributed by atoms with Gasteiger partial charge in [-0.25, -0.2) is 0 Å². The molecule has 0 bridgehead atoms. The van der Waals surface area contributed by atoms with Crippen LogP contribution >= 0.6 is 0 Å². The van der Waals surface area contributed by atoms with Crippen LogP contribution in [0.1, 0.15) is 12.0 Å². The Balaban J connectivity index is 1.88. The highest BCUT2D eigenvalue weighted by Crippen LogP contribution is 2.29. The van der Waals surface area contributed by atoms with Gasteiger partial charge in [0.2, 0.25) is 0 Å². The highest BCUT2D eigenvalue weighted by Gasteiger charge is 2.41. The van der Waals surface area contributed by atoms with Crippen molar-refractivity contribution in [1.29, 1.82) is 0 Å². The molecular weight excluding hydrogens is 220 g/mol. The summed E-state index contributed by atoms with van der Waals surface area (Å²) in [4.78, 5) is 0. The first kappa shape index (κ1) is 12.5. The first-order valence-electron chi connectivity index (χ1n) is 5.85. The monoisotopic (exact) mass is 238 g/mol. The molecule has 0 unspecified atom stereocenters. The fourth-order valence-electron chi connectivity index (χ4n) is 2.20. The highest BCUT2D eigenvalue weighted by molar-refractivity contribution is 5.13. The zero-order valence-corrected chi connectivity index (χ0v) is 9.57. The molecule has 0 radical (unpaired) electrons. The van der Waals surface area contributed by atoms with Gasteiger partial charge in [0.1, 0.15) is 6.10 Å². The maximum absolute atomic E-state index is 9.75. The third kappa shape index (κ3) is 2.84. The standard InChI is InChI=1S/C13H18O4/c14-7-10-6-11(13(16)12(10)15)17-8-9-4-2-1-3-5-9/h1-5,10-16H,6-8H2/t10-,11+,12-,13+/m1/s1. The Morgan fingerprint density at radius 3 is 2.41 bits per heavy atom. The Morgan fingerprint density at radius 2 is 1.82 bits per heavy atom. The van der Waals surface area contributed by atoms with Crippen LogP contribution < -0.4 is 0 Å². The summed E-state index contributed by atoms with van der Waals surface area (Å²) < 4.78 is 5.58. The number of hydrogen-bond acceptors (Lipinski definition) is 4. The zero-order chi connectivity index (χ0) is 12.3. The molecule has 94 valence electrons. The molecule has 0 aromatic heterocycles. The molecule has 2 rings (SSSR count). The van der Waals surface area contributed by atoms with Crippen molar-refractivity contribution in [3.05, 3.63) is 35.9 Å². The van der Waals surface area contributed by atoms with Gasteiger partial charge in [-0.05, 0) is 12.0 Å². The van der Waals surface area contributed by atoms with Crippen molar-refractivity contribution in [2.75, 3.05) is 6.61 Å². The SMILES string of the molecule is OC[C@H]1C[C@H](OCc2ccccc2)[C@H](O)[C@@H]1O. The summed E-state index contributed by atoms with van der Waals surface area (Å²) in [5.74, 6) is -0.286. The van der Waals surface area contributed by atoms with E-state index in [1.807, 2.05) is 30.3 Å². The van der Waals surface area contributed by atoms with Gasteiger partial charge in [-0.1, -0.05) is 30.3 Å². The van der Waals surface area contributed by atoms with Crippen LogP contribution in [0.15, 0.2) is 30.3 Å². The third-order valence-electron chi connectivity index (χ3n) is 3.29. The van der Waals surface area contributed by atoms with Gasteiger partial charge in [-0.3, -0.25) is 0 Å². The van der Waals surface area contributed by atoms with Crippen molar-refractivity contribution in [3.8, 4) is 0 Å². The summed E-state index contributed by atoms with van der Waals surface area (Å²) in [6.45, 7) is 0.289. The van der Waals surface area contributed by atoms with Crippen LogP contribution in [-0.2, 0) is 11.3 Å². The van der Waals surface area contributed by atoms with E-state index >= 15 is 0 Å². The highest BCUT2D eigenvalue weighted by atomic mass is 16.5. The molecule has 1 aromatic rings. The third-order valence-corrected chi connectivity index (χ3v) is 3.29. The first-order chi connectivity index (χ1) is 8.22. The number of hydrogen-bond donors (Lipinski definition) is 3. The van der Waals surface area contributed by atoms with Crippen LogP contribution in [0.4, 0.5) is 0 Å². The molecule has 3 N–H and O–H groups in total. The molecule has 17 heavy (non-hydrogen) atoms. The maximum atomic E-state index is 9.75. The van der Waals surface area contributed by atoms with Crippen LogP contribution in [-0.4, -0.2) is 40.2 Å². The van der Waals surface area contributed by atoms with E-state index in [-0.39, 0.29) is 12.5 Å². The molecule has 0 heterocycles. The second-order valence-electron chi connectivity index (χ2n) is 4.49. The van der Waals surface area contributed by atoms with E-state index in [0.717, 1.165) is 5.56 Å². The van der Waals surface area contributed by atoms with Crippen LogP contribution in [0.5, 0.6) is 0 Å². The second kappa shape index (κ2) is 5.60. The topological polar surface area (TPSA) is 69.9 Å². The van der Waals surface area contributed by atoms with E-state index in [9.17, 15) is 10.2 Å². The molecule has 4 atom stereocenters. The predicted octanol–water partition coefficient (Wildman–Crippen LogP) is 0.306. The minimum absolute atomic E-state index is 0.122. The van der Waals surface area contributed by atoms with Gasteiger partial charge in [0.25, 0.3) is 0 Å². The normalized spacial score (nSPS) is 32.9.